The molecule has 1 atom stereocenters. The maximum absolute atomic E-state index is 12.1. The van der Waals surface area contributed by atoms with E-state index in [4.69, 9.17) is 5.73 Å². The van der Waals surface area contributed by atoms with Gasteiger partial charge in [0.05, 0.1) is 0 Å². The summed E-state index contributed by atoms with van der Waals surface area (Å²) < 4.78 is 0. The summed E-state index contributed by atoms with van der Waals surface area (Å²) in [6, 6.07) is 0.206. The zero-order chi connectivity index (χ0) is 11.3. The molecule has 0 saturated carbocycles. The van der Waals surface area contributed by atoms with Crippen LogP contribution >= 0.6 is 0 Å². The molecule has 0 bridgehead atoms. The Morgan fingerprint density at radius 2 is 2.00 bits per heavy atom. The van der Waals surface area contributed by atoms with Crippen molar-refractivity contribution in [2.75, 3.05) is 13.1 Å². The lowest BCUT2D eigenvalue weighted by Crippen LogP contribution is -2.36. The highest BCUT2D eigenvalue weighted by Gasteiger charge is 2.28. The molecule has 1 rings (SSSR count). The highest BCUT2D eigenvalue weighted by atomic mass is 16.2. The highest BCUT2D eigenvalue weighted by molar-refractivity contribution is 5.79. The molecule has 1 aliphatic heterocycles. The van der Waals surface area contributed by atoms with Crippen LogP contribution in [0.1, 0.15) is 46.0 Å². The minimum absolute atomic E-state index is 0.206. The van der Waals surface area contributed by atoms with E-state index in [-0.39, 0.29) is 12.0 Å². The van der Waals surface area contributed by atoms with E-state index in [1.165, 1.54) is 0 Å². The van der Waals surface area contributed by atoms with Gasteiger partial charge in [-0.05, 0) is 19.3 Å². The Balaban J connectivity index is 2.47. The first kappa shape index (κ1) is 12.5. The lowest BCUT2D eigenvalue weighted by molar-refractivity contribution is -0.135. The van der Waals surface area contributed by atoms with Gasteiger partial charge in [0.1, 0.15) is 0 Å². The maximum Gasteiger partial charge on any atom is 0.225 e. The van der Waals surface area contributed by atoms with E-state index >= 15 is 0 Å². The van der Waals surface area contributed by atoms with Gasteiger partial charge in [-0.3, -0.25) is 4.79 Å². The van der Waals surface area contributed by atoms with Gasteiger partial charge in [0, 0.05) is 25.0 Å². The molecule has 1 aliphatic rings. The molecule has 3 nitrogen and oxygen atoms in total. The van der Waals surface area contributed by atoms with Crippen LogP contribution in [0.5, 0.6) is 0 Å². The molecule has 2 N–H and O–H groups in total. The number of carbonyl (C=O) groups excluding carboxylic acids is 1. The number of amides is 1. The Hall–Kier alpha value is -0.570. The smallest absolute Gasteiger partial charge is 0.225 e. The maximum atomic E-state index is 12.1. The number of nitrogens with zero attached hydrogens (tertiary/aromatic N) is 1. The van der Waals surface area contributed by atoms with Crippen LogP contribution in [0.15, 0.2) is 0 Å². The third-order valence-electron chi connectivity index (χ3n) is 3.16. The third kappa shape index (κ3) is 3.49. The predicted molar refractivity (Wildman–Crippen MR) is 62.5 cm³/mol. The topological polar surface area (TPSA) is 46.3 Å². The molecule has 88 valence electrons. The van der Waals surface area contributed by atoms with Crippen LogP contribution in [-0.2, 0) is 4.79 Å². The molecule has 1 saturated heterocycles. The van der Waals surface area contributed by atoms with Crippen molar-refractivity contribution in [3.63, 3.8) is 0 Å². The van der Waals surface area contributed by atoms with Gasteiger partial charge in [0.15, 0.2) is 0 Å². The van der Waals surface area contributed by atoms with Gasteiger partial charge in [-0.2, -0.15) is 0 Å². The summed E-state index contributed by atoms with van der Waals surface area (Å²) in [6.07, 6.45) is 5.21. The van der Waals surface area contributed by atoms with Gasteiger partial charge in [-0.1, -0.05) is 26.7 Å². The van der Waals surface area contributed by atoms with E-state index in [0.29, 0.717) is 5.91 Å². The van der Waals surface area contributed by atoms with Crippen LogP contribution in [0.4, 0.5) is 0 Å². The molecule has 0 spiro atoms. The molecular weight excluding hydrogens is 188 g/mol. The van der Waals surface area contributed by atoms with Gasteiger partial charge in [0.25, 0.3) is 0 Å². The Morgan fingerprint density at radius 3 is 2.40 bits per heavy atom. The fourth-order valence-electron chi connectivity index (χ4n) is 2.33. The second kappa shape index (κ2) is 6.11. The van der Waals surface area contributed by atoms with Gasteiger partial charge in [-0.15, -0.1) is 0 Å². The Bertz CT molecular complexity index is 200. The first-order valence-corrected chi connectivity index (χ1v) is 6.23. The summed E-state index contributed by atoms with van der Waals surface area (Å²) in [5.41, 5.74) is 5.82. The van der Waals surface area contributed by atoms with E-state index in [2.05, 4.69) is 13.8 Å². The Kier molecular flexibility index (Phi) is 5.09. The molecule has 1 amide bonds. The number of nitrogens with two attached hydrogens (primary N) is 1. The first-order chi connectivity index (χ1) is 7.19. The zero-order valence-corrected chi connectivity index (χ0v) is 10.0. The lowest BCUT2D eigenvalue weighted by atomic mass is 9.97. The van der Waals surface area contributed by atoms with Crippen LogP contribution in [0.25, 0.3) is 0 Å². The minimum atomic E-state index is 0.206. The van der Waals surface area contributed by atoms with Crippen molar-refractivity contribution in [2.45, 2.75) is 52.0 Å². The summed E-state index contributed by atoms with van der Waals surface area (Å²) in [4.78, 5) is 14.1. The van der Waals surface area contributed by atoms with Crippen molar-refractivity contribution in [3.8, 4) is 0 Å². The van der Waals surface area contributed by atoms with Crippen molar-refractivity contribution in [2.24, 2.45) is 11.7 Å². The first-order valence-electron chi connectivity index (χ1n) is 6.23. The second-order valence-electron chi connectivity index (χ2n) is 4.61. The van der Waals surface area contributed by atoms with Crippen molar-refractivity contribution in [1.29, 1.82) is 0 Å². The van der Waals surface area contributed by atoms with E-state index in [1.54, 1.807) is 0 Å². The Labute approximate surface area is 93.0 Å². The van der Waals surface area contributed by atoms with E-state index in [0.717, 1.165) is 45.2 Å². The molecule has 3 heteroatoms. The molecule has 0 aromatic rings. The van der Waals surface area contributed by atoms with Crippen molar-refractivity contribution < 1.29 is 4.79 Å². The largest absolute Gasteiger partial charge is 0.341 e. The second-order valence-corrected chi connectivity index (χ2v) is 4.61. The Morgan fingerprint density at radius 1 is 1.40 bits per heavy atom. The van der Waals surface area contributed by atoms with Gasteiger partial charge >= 0.3 is 0 Å². The highest BCUT2D eigenvalue weighted by Crippen LogP contribution is 2.19. The molecule has 0 aromatic carbocycles. The van der Waals surface area contributed by atoms with Crippen LogP contribution in [0, 0.1) is 5.92 Å². The lowest BCUT2D eigenvalue weighted by Gasteiger charge is -2.22. The number of likely N-dealkylation sites (tertiary alicyclic amines) is 1. The molecule has 0 aromatic heterocycles. The number of hydrogen-bond donors (Lipinski definition) is 1. The third-order valence-corrected chi connectivity index (χ3v) is 3.16. The standard InChI is InChI=1S/C12H24N2O/c1-3-5-10(6-4-2)12(15)14-8-7-11(13)9-14/h10-11H,3-9,13H2,1-2H3/t11-/m0/s1. The van der Waals surface area contributed by atoms with Crippen molar-refractivity contribution >= 4 is 5.91 Å². The average molecular weight is 212 g/mol. The molecule has 0 radical (unpaired) electrons. The monoisotopic (exact) mass is 212 g/mol. The molecule has 0 aliphatic carbocycles. The summed E-state index contributed by atoms with van der Waals surface area (Å²) >= 11 is 0. The van der Waals surface area contributed by atoms with Crippen LogP contribution in [0.3, 0.4) is 0 Å². The summed E-state index contributed by atoms with van der Waals surface area (Å²) in [7, 11) is 0. The summed E-state index contributed by atoms with van der Waals surface area (Å²) in [5.74, 6) is 0.581. The van der Waals surface area contributed by atoms with Crippen LogP contribution in [0.2, 0.25) is 0 Å². The van der Waals surface area contributed by atoms with Gasteiger partial charge in [-0.25, -0.2) is 0 Å². The van der Waals surface area contributed by atoms with Crippen LogP contribution < -0.4 is 5.73 Å². The van der Waals surface area contributed by atoms with E-state index < -0.39 is 0 Å². The summed E-state index contributed by atoms with van der Waals surface area (Å²) in [5, 5.41) is 0. The van der Waals surface area contributed by atoms with Gasteiger partial charge < -0.3 is 10.6 Å². The normalized spacial score (nSPS) is 21.3. The molecule has 1 heterocycles. The molecule has 0 unspecified atom stereocenters. The zero-order valence-electron chi connectivity index (χ0n) is 10.0. The minimum Gasteiger partial charge on any atom is -0.341 e. The number of carbonyl (C=O) groups is 1. The van der Waals surface area contributed by atoms with E-state index in [9.17, 15) is 4.79 Å². The van der Waals surface area contributed by atoms with Crippen LogP contribution in [-0.4, -0.2) is 29.9 Å². The fourth-order valence-corrected chi connectivity index (χ4v) is 2.33. The summed E-state index contributed by atoms with van der Waals surface area (Å²) in [6.45, 7) is 5.92. The average Bonchev–Trinajstić information content (AvgIpc) is 2.63. The molecular formula is C12H24N2O. The van der Waals surface area contributed by atoms with Gasteiger partial charge in [0.2, 0.25) is 5.91 Å². The SMILES string of the molecule is CCCC(CCC)C(=O)N1CC[C@H](N)C1. The van der Waals surface area contributed by atoms with Crippen molar-refractivity contribution in [1.82, 2.24) is 4.90 Å². The quantitative estimate of drug-likeness (QED) is 0.755. The molecule has 1 fully saturated rings. The van der Waals surface area contributed by atoms with Crippen molar-refractivity contribution in [3.05, 3.63) is 0 Å². The fraction of sp³-hybridized carbons (Fsp3) is 0.917. The predicted octanol–water partition coefficient (Wildman–Crippen LogP) is 1.76. The number of hydrogen-bond acceptors (Lipinski definition) is 2. The number of rotatable bonds is 5. The van der Waals surface area contributed by atoms with E-state index in [1.807, 2.05) is 4.90 Å². The molecule has 15 heavy (non-hydrogen) atoms.